The Morgan fingerprint density at radius 2 is 2.00 bits per heavy atom. The summed E-state index contributed by atoms with van der Waals surface area (Å²) >= 11 is 9.07. The highest BCUT2D eigenvalue weighted by molar-refractivity contribution is 7.12. The summed E-state index contributed by atoms with van der Waals surface area (Å²) in [5.74, 6) is -0.186. The zero-order valence-corrected chi connectivity index (χ0v) is 15.6. The molecule has 2 aromatic heterocycles. The van der Waals surface area contributed by atoms with E-state index in [4.69, 9.17) is 11.6 Å². The molecule has 3 nitrogen and oxygen atoms in total. The van der Waals surface area contributed by atoms with Crippen molar-refractivity contribution in [1.82, 2.24) is 5.32 Å². The standard InChI is InChI=1S/C19H16ClNO2S2/c20-15-5-2-1-4-13(15)7-10-18(22)21-12-14-8-9-17(25-14)19(23)16-6-3-11-24-16/h1-11,19,23H,12H2,(H,21,22)/b10-7+. The van der Waals surface area contributed by atoms with Crippen molar-refractivity contribution in [2.75, 3.05) is 0 Å². The summed E-state index contributed by atoms with van der Waals surface area (Å²) in [6.45, 7) is 0.424. The van der Waals surface area contributed by atoms with Crippen LogP contribution in [-0.4, -0.2) is 11.0 Å². The molecular formula is C19H16ClNO2S2. The molecule has 1 unspecified atom stereocenters. The predicted octanol–water partition coefficient (Wildman–Crippen LogP) is 4.87. The monoisotopic (exact) mass is 389 g/mol. The van der Waals surface area contributed by atoms with E-state index < -0.39 is 6.10 Å². The van der Waals surface area contributed by atoms with E-state index in [2.05, 4.69) is 5.32 Å². The number of rotatable bonds is 6. The number of halogens is 1. The second kappa shape index (κ2) is 8.45. The number of aliphatic hydroxyl groups is 1. The Morgan fingerprint density at radius 3 is 2.76 bits per heavy atom. The summed E-state index contributed by atoms with van der Waals surface area (Å²) in [5, 5.41) is 15.7. The van der Waals surface area contributed by atoms with Crippen LogP contribution in [0.1, 0.15) is 26.3 Å². The molecule has 0 aliphatic carbocycles. The highest BCUT2D eigenvalue weighted by Crippen LogP contribution is 2.30. The van der Waals surface area contributed by atoms with E-state index in [-0.39, 0.29) is 5.91 Å². The van der Waals surface area contributed by atoms with Gasteiger partial charge in [0.25, 0.3) is 0 Å². The number of carbonyl (C=O) groups excluding carboxylic acids is 1. The van der Waals surface area contributed by atoms with Gasteiger partial charge in [-0.25, -0.2) is 0 Å². The molecule has 0 fully saturated rings. The molecule has 6 heteroatoms. The minimum Gasteiger partial charge on any atom is -0.382 e. The molecule has 0 aliphatic heterocycles. The molecule has 1 amide bonds. The van der Waals surface area contributed by atoms with Gasteiger partial charge in [-0.3, -0.25) is 4.79 Å². The van der Waals surface area contributed by atoms with Gasteiger partial charge in [0.05, 0.1) is 6.54 Å². The molecule has 0 spiro atoms. The van der Waals surface area contributed by atoms with E-state index in [1.165, 1.54) is 28.7 Å². The molecule has 0 saturated heterocycles. The molecule has 128 valence electrons. The van der Waals surface area contributed by atoms with Crippen LogP contribution in [0.15, 0.2) is 60.0 Å². The minimum absolute atomic E-state index is 0.186. The Balaban J connectivity index is 1.55. The SMILES string of the molecule is O=C(/C=C/c1ccccc1Cl)NCc1ccc(C(O)c2cccs2)s1. The molecular weight excluding hydrogens is 374 g/mol. The van der Waals surface area contributed by atoms with Gasteiger partial charge in [0.1, 0.15) is 6.10 Å². The van der Waals surface area contributed by atoms with Crippen molar-refractivity contribution in [2.45, 2.75) is 12.6 Å². The lowest BCUT2D eigenvalue weighted by Gasteiger charge is -2.05. The first-order chi connectivity index (χ1) is 12.1. The van der Waals surface area contributed by atoms with Gasteiger partial charge in [-0.1, -0.05) is 35.9 Å². The fraction of sp³-hybridized carbons (Fsp3) is 0.105. The van der Waals surface area contributed by atoms with Crippen molar-refractivity contribution in [3.05, 3.63) is 85.2 Å². The van der Waals surface area contributed by atoms with E-state index in [0.29, 0.717) is 11.6 Å². The van der Waals surface area contributed by atoms with Crippen LogP contribution in [0.5, 0.6) is 0 Å². The van der Waals surface area contributed by atoms with Crippen LogP contribution < -0.4 is 5.32 Å². The number of thiophene rings is 2. The third-order valence-electron chi connectivity index (χ3n) is 3.52. The van der Waals surface area contributed by atoms with Crippen LogP contribution in [0.25, 0.3) is 6.08 Å². The van der Waals surface area contributed by atoms with E-state index >= 15 is 0 Å². The van der Waals surface area contributed by atoms with Crippen LogP contribution in [0.2, 0.25) is 5.02 Å². The number of amides is 1. The summed E-state index contributed by atoms with van der Waals surface area (Å²) in [6.07, 6.45) is 2.56. The number of benzene rings is 1. The molecule has 0 radical (unpaired) electrons. The molecule has 0 aliphatic rings. The van der Waals surface area contributed by atoms with Gasteiger partial charge in [-0.2, -0.15) is 0 Å². The Morgan fingerprint density at radius 1 is 1.16 bits per heavy atom. The van der Waals surface area contributed by atoms with Gasteiger partial charge in [-0.05, 0) is 41.3 Å². The lowest BCUT2D eigenvalue weighted by Crippen LogP contribution is -2.19. The first-order valence-electron chi connectivity index (χ1n) is 7.64. The Bertz CT molecular complexity index is 871. The van der Waals surface area contributed by atoms with Crippen molar-refractivity contribution in [2.24, 2.45) is 0 Å². The second-order valence-corrected chi connectivity index (χ2v) is 7.88. The van der Waals surface area contributed by atoms with Crippen LogP contribution in [0.4, 0.5) is 0 Å². The number of hydrogen-bond acceptors (Lipinski definition) is 4. The zero-order valence-electron chi connectivity index (χ0n) is 13.2. The molecule has 3 rings (SSSR count). The second-order valence-electron chi connectivity index (χ2n) is 5.29. The molecule has 25 heavy (non-hydrogen) atoms. The molecule has 0 saturated carbocycles. The van der Waals surface area contributed by atoms with Gasteiger partial charge in [-0.15, -0.1) is 22.7 Å². The van der Waals surface area contributed by atoms with Crippen molar-refractivity contribution in [3.63, 3.8) is 0 Å². The van der Waals surface area contributed by atoms with Gasteiger partial charge in [0.2, 0.25) is 5.91 Å². The molecule has 1 atom stereocenters. The molecule has 0 bridgehead atoms. The molecule has 1 aromatic carbocycles. The molecule has 2 N–H and O–H groups in total. The van der Waals surface area contributed by atoms with Gasteiger partial charge in [0.15, 0.2) is 0 Å². The van der Waals surface area contributed by atoms with E-state index in [1.807, 2.05) is 47.8 Å². The summed E-state index contributed by atoms with van der Waals surface area (Å²) in [6, 6.07) is 15.0. The Kier molecular flexibility index (Phi) is 6.04. The lowest BCUT2D eigenvalue weighted by molar-refractivity contribution is -0.116. The van der Waals surface area contributed by atoms with Crippen molar-refractivity contribution in [1.29, 1.82) is 0 Å². The predicted molar refractivity (Wildman–Crippen MR) is 105 cm³/mol. The average molecular weight is 390 g/mol. The number of hydrogen-bond donors (Lipinski definition) is 2. The first kappa shape index (κ1) is 17.9. The largest absolute Gasteiger partial charge is 0.382 e. The fourth-order valence-corrected chi connectivity index (χ4v) is 4.19. The fourth-order valence-electron chi connectivity index (χ4n) is 2.23. The van der Waals surface area contributed by atoms with Crippen LogP contribution in [-0.2, 0) is 11.3 Å². The summed E-state index contributed by atoms with van der Waals surface area (Å²) in [7, 11) is 0. The van der Waals surface area contributed by atoms with E-state index in [0.717, 1.165) is 20.2 Å². The normalized spacial score (nSPS) is 12.4. The smallest absolute Gasteiger partial charge is 0.244 e. The number of nitrogens with one attached hydrogen (secondary N) is 1. The lowest BCUT2D eigenvalue weighted by atomic mass is 10.2. The summed E-state index contributed by atoms with van der Waals surface area (Å²) in [5.41, 5.74) is 0.803. The van der Waals surface area contributed by atoms with Crippen molar-refractivity contribution in [3.8, 4) is 0 Å². The van der Waals surface area contributed by atoms with Gasteiger partial charge < -0.3 is 10.4 Å². The van der Waals surface area contributed by atoms with Crippen LogP contribution >= 0.6 is 34.3 Å². The van der Waals surface area contributed by atoms with Crippen LogP contribution in [0, 0.1) is 0 Å². The quantitative estimate of drug-likeness (QED) is 0.590. The van der Waals surface area contributed by atoms with Crippen molar-refractivity contribution < 1.29 is 9.90 Å². The Hall–Kier alpha value is -1.92. The summed E-state index contributed by atoms with van der Waals surface area (Å²) in [4.78, 5) is 14.7. The highest BCUT2D eigenvalue weighted by Gasteiger charge is 2.14. The Labute approximate surface area is 159 Å². The van der Waals surface area contributed by atoms with E-state index in [9.17, 15) is 9.90 Å². The van der Waals surface area contributed by atoms with Gasteiger partial charge in [0, 0.05) is 25.7 Å². The highest BCUT2D eigenvalue weighted by atomic mass is 35.5. The summed E-state index contributed by atoms with van der Waals surface area (Å²) < 4.78 is 0. The van der Waals surface area contributed by atoms with Crippen LogP contribution in [0.3, 0.4) is 0 Å². The van der Waals surface area contributed by atoms with Gasteiger partial charge >= 0.3 is 0 Å². The number of aliphatic hydroxyl groups excluding tert-OH is 1. The maximum Gasteiger partial charge on any atom is 0.244 e. The maximum absolute atomic E-state index is 11.9. The third kappa shape index (κ3) is 4.80. The minimum atomic E-state index is -0.602. The molecule has 3 aromatic rings. The zero-order chi connectivity index (χ0) is 17.6. The topological polar surface area (TPSA) is 49.3 Å². The first-order valence-corrected chi connectivity index (χ1v) is 9.71. The number of carbonyl (C=O) groups is 1. The van der Waals surface area contributed by atoms with Crippen molar-refractivity contribution >= 4 is 46.3 Å². The third-order valence-corrected chi connectivity index (χ3v) is 5.93. The molecule has 2 heterocycles. The van der Waals surface area contributed by atoms with E-state index in [1.54, 1.807) is 12.1 Å². The average Bonchev–Trinajstić information content (AvgIpc) is 3.30. The maximum atomic E-state index is 11.9.